The number of rotatable bonds is 5. The van der Waals surface area contributed by atoms with E-state index in [9.17, 15) is 4.79 Å². The second kappa shape index (κ2) is 6.93. The van der Waals surface area contributed by atoms with E-state index < -0.39 is 0 Å². The SMILES string of the molecule is Cc1ccc(C)c(NCCC(=O)N(C)c2ccccc2)c1. The lowest BCUT2D eigenvalue weighted by atomic mass is 10.1. The lowest BCUT2D eigenvalue weighted by molar-refractivity contribution is -0.118. The van der Waals surface area contributed by atoms with Gasteiger partial charge < -0.3 is 10.2 Å². The van der Waals surface area contributed by atoms with E-state index in [0.717, 1.165) is 11.4 Å². The average molecular weight is 282 g/mol. The molecule has 0 heterocycles. The van der Waals surface area contributed by atoms with Gasteiger partial charge in [0, 0.05) is 31.4 Å². The molecule has 0 saturated heterocycles. The smallest absolute Gasteiger partial charge is 0.228 e. The Morgan fingerprint density at radius 3 is 2.52 bits per heavy atom. The lowest BCUT2D eigenvalue weighted by Gasteiger charge is -2.18. The molecule has 0 bridgehead atoms. The van der Waals surface area contributed by atoms with Crippen molar-refractivity contribution in [3.63, 3.8) is 0 Å². The van der Waals surface area contributed by atoms with Crippen LogP contribution in [0.2, 0.25) is 0 Å². The third kappa shape index (κ3) is 4.09. The van der Waals surface area contributed by atoms with Crippen LogP contribution in [0.1, 0.15) is 17.5 Å². The molecule has 0 aliphatic carbocycles. The number of carbonyl (C=O) groups is 1. The zero-order valence-electron chi connectivity index (χ0n) is 12.9. The van der Waals surface area contributed by atoms with Crippen molar-refractivity contribution < 1.29 is 4.79 Å². The molecule has 110 valence electrons. The number of amides is 1. The molecule has 21 heavy (non-hydrogen) atoms. The number of hydrogen-bond donors (Lipinski definition) is 1. The molecule has 0 aromatic heterocycles. The van der Waals surface area contributed by atoms with Gasteiger partial charge >= 0.3 is 0 Å². The van der Waals surface area contributed by atoms with Gasteiger partial charge in [0.25, 0.3) is 0 Å². The van der Waals surface area contributed by atoms with E-state index >= 15 is 0 Å². The first-order valence-electron chi connectivity index (χ1n) is 7.20. The van der Waals surface area contributed by atoms with E-state index in [1.165, 1.54) is 11.1 Å². The van der Waals surface area contributed by atoms with Crippen LogP contribution >= 0.6 is 0 Å². The molecule has 2 aromatic rings. The Morgan fingerprint density at radius 1 is 1.10 bits per heavy atom. The molecule has 1 amide bonds. The molecule has 0 radical (unpaired) electrons. The van der Waals surface area contributed by atoms with E-state index in [4.69, 9.17) is 0 Å². The quantitative estimate of drug-likeness (QED) is 0.905. The largest absolute Gasteiger partial charge is 0.384 e. The van der Waals surface area contributed by atoms with Crippen molar-refractivity contribution in [3.8, 4) is 0 Å². The van der Waals surface area contributed by atoms with Crippen molar-refractivity contribution in [3.05, 3.63) is 59.7 Å². The van der Waals surface area contributed by atoms with Gasteiger partial charge in [-0.2, -0.15) is 0 Å². The normalized spacial score (nSPS) is 10.2. The summed E-state index contributed by atoms with van der Waals surface area (Å²) in [6.45, 7) is 4.78. The van der Waals surface area contributed by atoms with E-state index in [0.29, 0.717) is 13.0 Å². The van der Waals surface area contributed by atoms with Gasteiger partial charge in [0.1, 0.15) is 0 Å². The molecule has 0 saturated carbocycles. The molecule has 0 aliphatic rings. The minimum Gasteiger partial charge on any atom is -0.384 e. The maximum atomic E-state index is 12.2. The standard InChI is InChI=1S/C18H22N2O/c1-14-9-10-15(2)17(13-14)19-12-11-18(21)20(3)16-7-5-4-6-8-16/h4-10,13,19H,11-12H2,1-3H3. The number of hydrogen-bond acceptors (Lipinski definition) is 2. The number of carbonyl (C=O) groups excluding carboxylic acids is 1. The third-order valence-corrected chi connectivity index (χ3v) is 3.56. The molecule has 0 atom stereocenters. The molecule has 0 aliphatic heterocycles. The van der Waals surface area contributed by atoms with Gasteiger partial charge in [-0.1, -0.05) is 30.3 Å². The highest BCUT2D eigenvalue weighted by atomic mass is 16.2. The van der Waals surface area contributed by atoms with Gasteiger partial charge in [0.05, 0.1) is 0 Å². The van der Waals surface area contributed by atoms with Crippen LogP contribution in [0, 0.1) is 13.8 Å². The summed E-state index contributed by atoms with van der Waals surface area (Å²) in [5.41, 5.74) is 4.44. The number of benzene rings is 2. The molecule has 2 aromatic carbocycles. The Kier molecular flexibility index (Phi) is 4.99. The fourth-order valence-corrected chi connectivity index (χ4v) is 2.19. The van der Waals surface area contributed by atoms with E-state index in [-0.39, 0.29) is 5.91 Å². The van der Waals surface area contributed by atoms with E-state index in [1.54, 1.807) is 4.90 Å². The van der Waals surface area contributed by atoms with Gasteiger partial charge in [-0.05, 0) is 43.2 Å². The van der Waals surface area contributed by atoms with Crippen LogP contribution in [0.15, 0.2) is 48.5 Å². The molecule has 3 heteroatoms. The highest BCUT2D eigenvalue weighted by Crippen LogP contribution is 2.17. The summed E-state index contributed by atoms with van der Waals surface area (Å²) in [7, 11) is 1.82. The summed E-state index contributed by atoms with van der Waals surface area (Å²) < 4.78 is 0. The second-order valence-corrected chi connectivity index (χ2v) is 5.28. The monoisotopic (exact) mass is 282 g/mol. The van der Waals surface area contributed by atoms with Gasteiger partial charge in [-0.25, -0.2) is 0 Å². The Hall–Kier alpha value is -2.29. The van der Waals surface area contributed by atoms with E-state index in [2.05, 4.69) is 37.4 Å². The van der Waals surface area contributed by atoms with Gasteiger partial charge in [0.2, 0.25) is 5.91 Å². The average Bonchev–Trinajstić information content (AvgIpc) is 2.50. The van der Waals surface area contributed by atoms with Crippen LogP contribution in [0.3, 0.4) is 0 Å². The molecule has 3 nitrogen and oxygen atoms in total. The highest BCUT2D eigenvalue weighted by Gasteiger charge is 2.10. The number of aryl methyl sites for hydroxylation is 2. The number of nitrogens with zero attached hydrogens (tertiary/aromatic N) is 1. The Bertz CT molecular complexity index is 608. The summed E-state index contributed by atoms with van der Waals surface area (Å²) in [6, 6.07) is 16.0. The predicted octanol–water partition coefficient (Wildman–Crippen LogP) is 3.77. The Morgan fingerprint density at radius 2 is 1.81 bits per heavy atom. The van der Waals surface area contributed by atoms with Crippen molar-refractivity contribution in [2.24, 2.45) is 0 Å². The zero-order valence-corrected chi connectivity index (χ0v) is 12.9. The maximum Gasteiger partial charge on any atom is 0.228 e. The molecule has 1 N–H and O–H groups in total. The summed E-state index contributed by atoms with van der Waals surface area (Å²) in [6.07, 6.45) is 0.471. The molecule has 0 spiro atoms. The summed E-state index contributed by atoms with van der Waals surface area (Å²) in [5, 5.41) is 3.34. The molecule has 0 fully saturated rings. The number of para-hydroxylation sites is 1. The van der Waals surface area contributed by atoms with E-state index in [1.807, 2.05) is 37.4 Å². The van der Waals surface area contributed by atoms with Crippen molar-refractivity contribution in [1.82, 2.24) is 0 Å². The fraction of sp³-hybridized carbons (Fsp3) is 0.278. The molecular weight excluding hydrogens is 260 g/mol. The predicted molar refractivity (Wildman–Crippen MR) is 88.9 cm³/mol. The van der Waals surface area contributed by atoms with Crippen molar-refractivity contribution in [2.75, 3.05) is 23.8 Å². The first-order chi connectivity index (χ1) is 10.1. The second-order valence-electron chi connectivity index (χ2n) is 5.28. The third-order valence-electron chi connectivity index (χ3n) is 3.56. The van der Waals surface area contributed by atoms with Crippen LogP contribution in [0.4, 0.5) is 11.4 Å². The number of nitrogens with one attached hydrogen (secondary N) is 1. The van der Waals surface area contributed by atoms with Crippen LogP contribution in [-0.4, -0.2) is 19.5 Å². The van der Waals surface area contributed by atoms with Crippen molar-refractivity contribution in [2.45, 2.75) is 20.3 Å². The number of anilines is 2. The minimum absolute atomic E-state index is 0.110. The zero-order chi connectivity index (χ0) is 15.2. The van der Waals surface area contributed by atoms with Crippen LogP contribution in [0.25, 0.3) is 0 Å². The van der Waals surface area contributed by atoms with Crippen LogP contribution < -0.4 is 10.2 Å². The summed E-state index contributed by atoms with van der Waals surface area (Å²) in [4.78, 5) is 13.9. The van der Waals surface area contributed by atoms with Crippen LogP contribution in [0.5, 0.6) is 0 Å². The highest BCUT2D eigenvalue weighted by molar-refractivity contribution is 5.93. The topological polar surface area (TPSA) is 32.3 Å². The first-order valence-corrected chi connectivity index (χ1v) is 7.20. The van der Waals surface area contributed by atoms with Gasteiger partial charge in [-0.15, -0.1) is 0 Å². The molecular formula is C18H22N2O. The van der Waals surface area contributed by atoms with Crippen molar-refractivity contribution in [1.29, 1.82) is 0 Å². The minimum atomic E-state index is 0.110. The van der Waals surface area contributed by atoms with Gasteiger partial charge in [0.15, 0.2) is 0 Å². The fourth-order valence-electron chi connectivity index (χ4n) is 2.19. The lowest BCUT2D eigenvalue weighted by Crippen LogP contribution is -2.27. The maximum absolute atomic E-state index is 12.2. The molecule has 0 unspecified atom stereocenters. The first kappa shape index (κ1) is 15.1. The van der Waals surface area contributed by atoms with Crippen LogP contribution in [-0.2, 0) is 4.79 Å². The Labute approximate surface area is 126 Å². The molecule has 2 rings (SSSR count). The summed E-state index contributed by atoms with van der Waals surface area (Å²) >= 11 is 0. The van der Waals surface area contributed by atoms with Gasteiger partial charge in [-0.3, -0.25) is 4.79 Å². The van der Waals surface area contributed by atoms with Crippen molar-refractivity contribution >= 4 is 17.3 Å². The summed E-state index contributed by atoms with van der Waals surface area (Å²) in [5.74, 6) is 0.110. The Balaban J connectivity index is 1.88.